The van der Waals surface area contributed by atoms with E-state index in [2.05, 4.69) is 47.1 Å². The van der Waals surface area contributed by atoms with Gasteiger partial charge in [0.15, 0.2) is 0 Å². The molecule has 2 aromatic rings. The van der Waals surface area contributed by atoms with Gasteiger partial charge in [-0.05, 0) is 37.1 Å². The average Bonchev–Trinajstić information content (AvgIpc) is 2.92. The van der Waals surface area contributed by atoms with Crippen LogP contribution in [0.25, 0.3) is 0 Å². The fourth-order valence-corrected chi connectivity index (χ4v) is 2.21. The summed E-state index contributed by atoms with van der Waals surface area (Å²) in [6, 6.07) is 10.5. The highest BCUT2D eigenvalue weighted by molar-refractivity contribution is 5.30. The molecule has 4 nitrogen and oxygen atoms in total. The van der Waals surface area contributed by atoms with Crippen molar-refractivity contribution in [3.63, 3.8) is 0 Å². The summed E-state index contributed by atoms with van der Waals surface area (Å²) in [6.07, 6.45) is 2.96. The van der Waals surface area contributed by atoms with Gasteiger partial charge in [-0.15, -0.1) is 0 Å². The van der Waals surface area contributed by atoms with Crippen molar-refractivity contribution in [3.8, 4) is 5.75 Å². The van der Waals surface area contributed by atoms with Gasteiger partial charge < -0.3 is 10.1 Å². The van der Waals surface area contributed by atoms with Crippen LogP contribution in [0.4, 0.5) is 0 Å². The van der Waals surface area contributed by atoms with E-state index in [0.29, 0.717) is 0 Å². The fourth-order valence-electron chi connectivity index (χ4n) is 2.21. The Balaban J connectivity index is 1.97. The molecule has 108 valence electrons. The number of hydrogen-bond donors (Lipinski definition) is 1. The van der Waals surface area contributed by atoms with Gasteiger partial charge in [0.05, 0.1) is 12.8 Å². The summed E-state index contributed by atoms with van der Waals surface area (Å²) in [6.45, 7) is 6.11. The molecule has 1 aromatic carbocycles. The zero-order valence-corrected chi connectivity index (χ0v) is 12.5. The Kier molecular flexibility index (Phi) is 5.18. The van der Waals surface area contributed by atoms with E-state index in [1.165, 1.54) is 11.3 Å². The largest absolute Gasteiger partial charge is 0.497 e. The van der Waals surface area contributed by atoms with Crippen LogP contribution in [0.15, 0.2) is 36.5 Å². The molecular weight excluding hydrogens is 250 g/mol. The normalized spacial score (nSPS) is 12.3. The lowest BCUT2D eigenvalue weighted by molar-refractivity contribution is 0.413. The molecule has 0 saturated heterocycles. The first-order valence-electron chi connectivity index (χ1n) is 7.12. The standard InChI is InChI=1S/C16H23N3O/c1-4-10-19-15(8-9-18-19)12-17-13(2)14-6-5-7-16(11-14)20-3/h5-9,11,13,17H,4,10,12H2,1-3H3/t13-/m0/s1. The van der Waals surface area contributed by atoms with E-state index in [1.54, 1.807) is 7.11 Å². The summed E-state index contributed by atoms with van der Waals surface area (Å²) in [5, 5.41) is 7.88. The Labute approximate surface area is 120 Å². The van der Waals surface area contributed by atoms with Crippen molar-refractivity contribution >= 4 is 0 Å². The molecule has 4 heteroatoms. The maximum atomic E-state index is 5.26. The van der Waals surface area contributed by atoms with Gasteiger partial charge >= 0.3 is 0 Å². The second-order valence-electron chi connectivity index (χ2n) is 4.92. The van der Waals surface area contributed by atoms with Crippen molar-refractivity contribution in [2.24, 2.45) is 0 Å². The number of benzene rings is 1. The summed E-state index contributed by atoms with van der Waals surface area (Å²) in [7, 11) is 1.69. The van der Waals surface area contributed by atoms with Crippen LogP contribution in [0, 0.1) is 0 Å². The molecule has 0 unspecified atom stereocenters. The molecule has 0 aliphatic rings. The Bertz CT molecular complexity index is 536. The van der Waals surface area contributed by atoms with E-state index in [1.807, 2.05) is 18.3 Å². The topological polar surface area (TPSA) is 39.1 Å². The Morgan fingerprint density at radius 1 is 1.35 bits per heavy atom. The molecule has 0 spiro atoms. The number of aromatic nitrogens is 2. The minimum Gasteiger partial charge on any atom is -0.497 e. The third-order valence-electron chi connectivity index (χ3n) is 3.42. The van der Waals surface area contributed by atoms with E-state index < -0.39 is 0 Å². The monoisotopic (exact) mass is 273 g/mol. The van der Waals surface area contributed by atoms with Crippen molar-refractivity contribution < 1.29 is 4.74 Å². The number of rotatable bonds is 7. The van der Waals surface area contributed by atoms with Crippen LogP contribution in [0.1, 0.15) is 37.6 Å². The highest BCUT2D eigenvalue weighted by atomic mass is 16.5. The number of nitrogens with one attached hydrogen (secondary N) is 1. The van der Waals surface area contributed by atoms with Gasteiger partial charge in [0.25, 0.3) is 0 Å². The zero-order valence-electron chi connectivity index (χ0n) is 12.5. The van der Waals surface area contributed by atoms with Crippen molar-refractivity contribution in [2.45, 2.75) is 39.4 Å². The van der Waals surface area contributed by atoms with Crippen molar-refractivity contribution in [1.29, 1.82) is 0 Å². The first kappa shape index (κ1) is 14.6. The Morgan fingerprint density at radius 2 is 2.20 bits per heavy atom. The number of ether oxygens (including phenoxy) is 1. The molecule has 0 bridgehead atoms. The molecule has 2 rings (SSSR count). The molecule has 1 N–H and O–H groups in total. The van der Waals surface area contributed by atoms with Gasteiger partial charge in [-0.3, -0.25) is 4.68 Å². The van der Waals surface area contributed by atoms with Crippen molar-refractivity contribution in [2.75, 3.05) is 7.11 Å². The molecule has 1 aromatic heterocycles. The van der Waals surface area contributed by atoms with E-state index in [-0.39, 0.29) is 6.04 Å². The highest BCUT2D eigenvalue weighted by Gasteiger charge is 2.08. The molecule has 0 radical (unpaired) electrons. The summed E-state index contributed by atoms with van der Waals surface area (Å²) < 4.78 is 7.33. The van der Waals surface area contributed by atoms with Crippen LogP contribution in [-0.4, -0.2) is 16.9 Å². The van der Waals surface area contributed by atoms with Crippen molar-refractivity contribution in [1.82, 2.24) is 15.1 Å². The average molecular weight is 273 g/mol. The molecule has 1 atom stereocenters. The number of methoxy groups -OCH3 is 1. The maximum absolute atomic E-state index is 5.26. The SMILES string of the molecule is CCCn1nccc1CN[C@@H](C)c1cccc(OC)c1. The van der Waals surface area contributed by atoms with Gasteiger partial charge in [-0.25, -0.2) is 0 Å². The quantitative estimate of drug-likeness (QED) is 0.842. The Morgan fingerprint density at radius 3 is 2.95 bits per heavy atom. The van der Waals surface area contributed by atoms with Gasteiger partial charge in [0.1, 0.15) is 5.75 Å². The third-order valence-corrected chi connectivity index (χ3v) is 3.42. The second-order valence-corrected chi connectivity index (χ2v) is 4.92. The first-order valence-corrected chi connectivity index (χ1v) is 7.12. The number of hydrogen-bond acceptors (Lipinski definition) is 3. The van der Waals surface area contributed by atoms with Crippen LogP contribution in [0.3, 0.4) is 0 Å². The zero-order chi connectivity index (χ0) is 14.4. The maximum Gasteiger partial charge on any atom is 0.119 e. The third kappa shape index (κ3) is 3.61. The van der Waals surface area contributed by atoms with E-state index in [4.69, 9.17) is 4.74 Å². The second kappa shape index (κ2) is 7.10. The van der Waals surface area contributed by atoms with Gasteiger partial charge in [0.2, 0.25) is 0 Å². The van der Waals surface area contributed by atoms with E-state index in [0.717, 1.165) is 25.3 Å². The van der Waals surface area contributed by atoms with Gasteiger partial charge in [-0.1, -0.05) is 19.1 Å². The minimum atomic E-state index is 0.273. The lowest BCUT2D eigenvalue weighted by Gasteiger charge is -2.15. The van der Waals surface area contributed by atoms with Crippen LogP contribution in [0.5, 0.6) is 5.75 Å². The van der Waals surface area contributed by atoms with Crippen LogP contribution in [-0.2, 0) is 13.1 Å². The predicted molar refractivity (Wildman–Crippen MR) is 80.8 cm³/mol. The predicted octanol–water partition coefficient (Wildman–Crippen LogP) is 3.15. The molecule has 0 amide bonds. The highest BCUT2D eigenvalue weighted by Crippen LogP contribution is 2.19. The molecular formula is C16H23N3O. The number of aryl methyl sites for hydroxylation is 1. The summed E-state index contributed by atoms with van der Waals surface area (Å²) >= 11 is 0. The summed E-state index contributed by atoms with van der Waals surface area (Å²) in [4.78, 5) is 0. The van der Waals surface area contributed by atoms with E-state index >= 15 is 0 Å². The molecule has 0 saturated carbocycles. The van der Waals surface area contributed by atoms with Crippen molar-refractivity contribution in [3.05, 3.63) is 47.8 Å². The van der Waals surface area contributed by atoms with Crippen LogP contribution < -0.4 is 10.1 Å². The Hall–Kier alpha value is -1.81. The summed E-state index contributed by atoms with van der Waals surface area (Å²) in [5.41, 5.74) is 2.45. The smallest absolute Gasteiger partial charge is 0.119 e. The molecule has 0 aliphatic heterocycles. The van der Waals surface area contributed by atoms with Gasteiger partial charge in [0, 0.05) is 25.3 Å². The molecule has 1 heterocycles. The van der Waals surface area contributed by atoms with E-state index in [9.17, 15) is 0 Å². The fraction of sp³-hybridized carbons (Fsp3) is 0.438. The molecule has 0 aliphatic carbocycles. The number of nitrogens with zero attached hydrogens (tertiary/aromatic N) is 2. The molecule has 0 fully saturated rings. The first-order chi connectivity index (χ1) is 9.74. The van der Waals surface area contributed by atoms with Crippen LogP contribution in [0.2, 0.25) is 0 Å². The summed E-state index contributed by atoms with van der Waals surface area (Å²) in [5.74, 6) is 0.896. The lowest BCUT2D eigenvalue weighted by Crippen LogP contribution is -2.20. The molecule has 20 heavy (non-hydrogen) atoms. The minimum absolute atomic E-state index is 0.273. The lowest BCUT2D eigenvalue weighted by atomic mass is 10.1. The van der Waals surface area contributed by atoms with Gasteiger partial charge in [-0.2, -0.15) is 5.10 Å². The van der Waals surface area contributed by atoms with Crippen LogP contribution >= 0.6 is 0 Å².